The van der Waals surface area contributed by atoms with Gasteiger partial charge in [-0.25, -0.2) is 4.98 Å². The molecule has 1 aromatic heterocycles. The van der Waals surface area contributed by atoms with Crippen molar-refractivity contribution in [3.8, 4) is 11.4 Å². The maximum absolute atomic E-state index is 12.7. The van der Waals surface area contributed by atoms with E-state index in [-0.39, 0.29) is 12.1 Å². The van der Waals surface area contributed by atoms with Gasteiger partial charge in [-0.2, -0.15) is 18.3 Å². The van der Waals surface area contributed by atoms with Gasteiger partial charge in [0.1, 0.15) is 5.82 Å². The maximum atomic E-state index is 12.7. The summed E-state index contributed by atoms with van der Waals surface area (Å²) in [6.07, 6.45) is -4.10. The zero-order valence-corrected chi connectivity index (χ0v) is 13.5. The summed E-state index contributed by atoms with van der Waals surface area (Å²) in [6, 6.07) is 13.7. The van der Waals surface area contributed by atoms with Gasteiger partial charge in [0.15, 0.2) is 5.82 Å². The molecule has 0 spiro atoms. The van der Waals surface area contributed by atoms with Gasteiger partial charge in [0, 0.05) is 24.1 Å². The van der Waals surface area contributed by atoms with Crippen LogP contribution < -0.4 is 5.32 Å². The first kappa shape index (κ1) is 17.7. The molecule has 0 radical (unpaired) electrons. The molecule has 0 saturated carbocycles. The third kappa shape index (κ3) is 4.27. The summed E-state index contributed by atoms with van der Waals surface area (Å²) in [5.41, 5.74) is -0.0294. The molecule has 0 aliphatic carbocycles. The van der Waals surface area contributed by atoms with E-state index in [1.54, 1.807) is 0 Å². The number of halogens is 3. The Hall–Kier alpha value is -3.16. The van der Waals surface area contributed by atoms with Gasteiger partial charge in [0.2, 0.25) is 0 Å². The van der Waals surface area contributed by atoms with Crippen molar-refractivity contribution in [1.29, 1.82) is 0 Å². The number of benzene rings is 2. The van der Waals surface area contributed by atoms with Crippen molar-refractivity contribution in [1.82, 2.24) is 20.5 Å². The lowest BCUT2D eigenvalue weighted by Gasteiger charge is -2.09. The summed E-state index contributed by atoms with van der Waals surface area (Å²) in [5, 5.41) is 9.47. The van der Waals surface area contributed by atoms with Crippen LogP contribution in [0.3, 0.4) is 0 Å². The molecule has 0 saturated heterocycles. The zero-order chi connectivity index (χ0) is 18.6. The number of nitrogens with zero attached hydrogens (tertiary/aromatic N) is 2. The minimum Gasteiger partial charge on any atom is -0.352 e. The SMILES string of the molecule is O=C(NCCc1nc(-c2ccccc2)n[nH]1)c1cccc(C(F)(F)F)c1. The molecule has 0 bridgehead atoms. The van der Waals surface area contributed by atoms with Gasteiger partial charge < -0.3 is 5.32 Å². The van der Waals surface area contributed by atoms with Crippen molar-refractivity contribution >= 4 is 5.91 Å². The summed E-state index contributed by atoms with van der Waals surface area (Å²) in [6.45, 7) is 0.221. The highest BCUT2D eigenvalue weighted by atomic mass is 19.4. The third-order valence-corrected chi connectivity index (χ3v) is 3.66. The van der Waals surface area contributed by atoms with E-state index in [2.05, 4.69) is 20.5 Å². The number of hydrogen-bond acceptors (Lipinski definition) is 3. The molecule has 8 heteroatoms. The molecule has 2 N–H and O–H groups in total. The number of H-pyrrole nitrogens is 1. The van der Waals surface area contributed by atoms with Crippen molar-refractivity contribution < 1.29 is 18.0 Å². The molecule has 134 valence electrons. The minimum absolute atomic E-state index is 0.0395. The number of aromatic amines is 1. The van der Waals surface area contributed by atoms with Gasteiger partial charge in [-0.15, -0.1) is 0 Å². The fourth-order valence-corrected chi connectivity index (χ4v) is 2.36. The average molecular weight is 360 g/mol. The second-order valence-electron chi connectivity index (χ2n) is 5.56. The Bertz CT molecular complexity index is 891. The second-order valence-corrected chi connectivity index (χ2v) is 5.56. The third-order valence-electron chi connectivity index (χ3n) is 3.66. The molecule has 5 nitrogen and oxygen atoms in total. The summed E-state index contributed by atoms with van der Waals surface area (Å²) in [7, 11) is 0. The average Bonchev–Trinajstić information content (AvgIpc) is 3.11. The smallest absolute Gasteiger partial charge is 0.352 e. The lowest BCUT2D eigenvalue weighted by Crippen LogP contribution is -2.26. The van der Waals surface area contributed by atoms with Crippen molar-refractivity contribution in [3.05, 3.63) is 71.5 Å². The molecule has 1 amide bonds. The summed E-state index contributed by atoms with van der Waals surface area (Å²) >= 11 is 0. The number of amides is 1. The van der Waals surface area contributed by atoms with Crippen LogP contribution in [-0.4, -0.2) is 27.6 Å². The van der Waals surface area contributed by atoms with Crippen LogP contribution in [0.1, 0.15) is 21.7 Å². The van der Waals surface area contributed by atoms with E-state index in [9.17, 15) is 18.0 Å². The van der Waals surface area contributed by atoms with E-state index in [1.165, 1.54) is 12.1 Å². The molecule has 0 atom stereocenters. The highest BCUT2D eigenvalue weighted by Crippen LogP contribution is 2.29. The van der Waals surface area contributed by atoms with E-state index < -0.39 is 17.6 Å². The molecule has 3 aromatic rings. The maximum Gasteiger partial charge on any atom is 0.416 e. The summed E-state index contributed by atoms with van der Waals surface area (Å²) in [4.78, 5) is 16.3. The zero-order valence-electron chi connectivity index (χ0n) is 13.5. The Morgan fingerprint density at radius 2 is 1.85 bits per heavy atom. The molecule has 3 rings (SSSR count). The number of alkyl halides is 3. The van der Waals surface area contributed by atoms with E-state index in [4.69, 9.17) is 0 Å². The van der Waals surface area contributed by atoms with E-state index in [0.29, 0.717) is 18.1 Å². The first-order valence-electron chi connectivity index (χ1n) is 7.85. The second kappa shape index (κ2) is 7.38. The lowest BCUT2D eigenvalue weighted by atomic mass is 10.1. The van der Waals surface area contributed by atoms with Crippen LogP contribution in [-0.2, 0) is 12.6 Å². The highest BCUT2D eigenvalue weighted by Gasteiger charge is 2.30. The van der Waals surface area contributed by atoms with Crippen molar-refractivity contribution in [3.63, 3.8) is 0 Å². The Labute approximate surface area is 147 Å². The minimum atomic E-state index is -4.48. The lowest BCUT2D eigenvalue weighted by molar-refractivity contribution is -0.137. The molecule has 1 heterocycles. The number of hydrogen-bond donors (Lipinski definition) is 2. The molecular weight excluding hydrogens is 345 g/mol. The fraction of sp³-hybridized carbons (Fsp3) is 0.167. The van der Waals surface area contributed by atoms with E-state index >= 15 is 0 Å². The van der Waals surface area contributed by atoms with E-state index in [0.717, 1.165) is 17.7 Å². The molecule has 0 aliphatic rings. The van der Waals surface area contributed by atoms with Crippen LogP contribution in [0.15, 0.2) is 54.6 Å². The molecule has 0 fully saturated rings. The van der Waals surface area contributed by atoms with Crippen molar-refractivity contribution in [2.24, 2.45) is 0 Å². The predicted molar refractivity (Wildman–Crippen MR) is 89.3 cm³/mol. The monoisotopic (exact) mass is 360 g/mol. The predicted octanol–water partition coefficient (Wildman–Crippen LogP) is 3.46. The Morgan fingerprint density at radius 1 is 1.08 bits per heavy atom. The first-order chi connectivity index (χ1) is 12.4. The van der Waals surface area contributed by atoms with Crippen LogP contribution in [0, 0.1) is 0 Å². The Kier molecular flexibility index (Phi) is 5.01. The van der Waals surface area contributed by atoms with Crippen molar-refractivity contribution in [2.45, 2.75) is 12.6 Å². The topological polar surface area (TPSA) is 70.7 Å². The van der Waals surface area contributed by atoms with Gasteiger partial charge in [-0.1, -0.05) is 36.4 Å². The normalized spacial score (nSPS) is 11.3. The van der Waals surface area contributed by atoms with Gasteiger partial charge in [-0.3, -0.25) is 9.89 Å². The Morgan fingerprint density at radius 3 is 2.58 bits per heavy atom. The van der Waals surface area contributed by atoms with Crippen molar-refractivity contribution in [2.75, 3.05) is 6.54 Å². The number of rotatable bonds is 5. The van der Waals surface area contributed by atoms with Crippen LogP contribution >= 0.6 is 0 Å². The molecule has 26 heavy (non-hydrogen) atoms. The fourth-order valence-electron chi connectivity index (χ4n) is 2.36. The number of carbonyl (C=O) groups excluding carboxylic acids is 1. The standard InChI is InChI=1S/C18H15F3N4O/c19-18(20,21)14-8-4-7-13(11-14)17(26)22-10-9-15-23-16(25-24-15)12-5-2-1-3-6-12/h1-8,11H,9-10H2,(H,22,26)(H,23,24,25). The molecule has 2 aromatic carbocycles. The quantitative estimate of drug-likeness (QED) is 0.732. The van der Waals surface area contributed by atoms with Crippen LogP contribution in [0.2, 0.25) is 0 Å². The molecule has 0 aliphatic heterocycles. The summed E-state index contributed by atoms with van der Waals surface area (Å²) in [5.74, 6) is 0.553. The largest absolute Gasteiger partial charge is 0.416 e. The van der Waals surface area contributed by atoms with Gasteiger partial charge in [-0.05, 0) is 18.2 Å². The van der Waals surface area contributed by atoms with Gasteiger partial charge >= 0.3 is 6.18 Å². The van der Waals surface area contributed by atoms with Crippen LogP contribution in [0.4, 0.5) is 13.2 Å². The number of carbonyl (C=O) groups is 1. The van der Waals surface area contributed by atoms with Gasteiger partial charge in [0.05, 0.1) is 5.56 Å². The van der Waals surface area contributed by atoms with Crippen LogP contribution in [0.25, 0.3) is 11.4 Å². The number of aromatic nitrogens is 3. The Balaban J connectivity index is 1.57. The summed E-state index contributed by atoms with van der Waals surface area (Å²) < 4.78 is 38.1. The van der Waals surface area contributed by atoms with Crippen LogP contribution in [0.5, 0.6) is 0 Å². The highest BCUT2D eigenvalue weighted by molar-refractivity contribution is 5.94. The van der Waals surface area contributed by atoms with Gasteiger partial charge in [0.25, 0.3) is 5.91 Å². The molecular formula is C18H15F3N4O. The first-order valence-corrected chi connectivity index (χ1v) is 7.85. The number of nitrogens with one attached hydrogen (secondary N) is 2. The van der Waals surface area contributed by atoms with E-state index in [1.807, 2.05) is 30.3 Å². The molecule has 0 unspecified atom stereocenters.